The third-order valence-corrected chi connectivity index (χ3v) is 10.4. The second-order valence-corrected chi connectivity index (χ2v) is 12.1. The topological polar surface area (TPSA) is 104 Å². The van der Waals surface area contributed by atoms with E-state index in [0.717, 1.165) is 4.90 Å². The Balaban J connectivity index is 1.64. The lowest BCUT2D eigenvalue weighted by Gasteiger charge is -2.50. The second kappa shape index (κ2) is 9.39. The summed E-state index contributed by atoms with van der Waals surface area (Å²) in [6.07, 6.45) is 0.896. The Labute approximate surface area is 249 Å². The molecule has 2 saturated heterocycles. The number of benzene rings is 2. The van der Waals surface area contributed by atoms with E-state index in [2.05, 4.69) is 0 Å². The zero-order chi connectivity index (χ0) is 31.5. The third kappa shape index (κ3) is 3.48. The molecule has 6 atom stereocenters. The van der Waals surface area contributed by atoms with Gasteiger partial charge in [-0.05, 0) is 37.0 Å². The number of alkyl halides is 2. The number of likely N-dealkylation sites (tertiary alicyclic amines) is 1. The number of phenols is 1. The normalized spacial score (nSPS) is 31.7. The molecule has 0 unspecified atom stereocenters. The van der Waals surface area contributed by atoms with Crippen LogP contribution in [0.25, 0.3) is 0 Å². The number of rotatable bonds is 3. The maximum Gasteiger partial charge on any atom is 0.258 e. The number of amides is 4. The molecule has 0 aromatic heterocycles. The molecule has 226 valence electrons. The number of allylic oxidation sites excluding steroid dienone is 2. The summed E-state index contributed by atoms with van der Waals surface area (Å²) in [4.78, 5) is 49.5. The molecule has 2 aromatic carbocycles. The van der Waals surface area contributed by atoms with E-state index >= 15 is 8.78 Å². The van der Waals surface area contributed by atoms with Gasteiger partial charge in [-0.25, -0.2) is 26.9 Å². The van der Waals surface area contributed by atoms with Crippen LogP contribution in [0, 0.1) is 46.8 Å². The highest BCUT2D eigenvalue weighted by Crippen LogP contribution is 2.66. The highest BCUT2D eigenvalue weighted by molar-refractivity contribution is 6.58. The van der Waals surface area contributed by atoms with Crippen LogP contribution in [-0.4, -0.2) is 57.5 Å². The molecule has 43 heavy (non-hydrogen) atoms. The Morgan fingerprint density at radius 1 is 0.907 bits per heavy atom. The minimum Gasteiger partial charge on any atom is -0.508 e. The lowest BCUT2D eigenvalue weighted by atomic mass is 9.56. The van der Waals surface area contributed by atoms with Crippen molar-refractivity contribution in [3.8, 4) is 11.5 Å². The Morgan fingerprint density at radius 2 is 1.51 bits per heavy atom. The van der Waals surface area contributed by atoms with Gasteiger partial charge in [0.15, 0.2) is 33.0 Å². The largest absolute Gasteiger partial charge is 0.508 e. The van der Waals surface area contributed by atoms with Crippen molar-refractivity contribution in [1.82, 2.24) is 4.90 Å². The van der Waals surface area contributed by atoms with Crippen molar-refractivity contribution in [2.75, 3.05) is 19.1 Å². The Bertz CT molecular complexity index is 1690. The van der Waals surface area contributed by atoms with E-state index in [-0.39, 0.29) is 28.2 Å². The van der Waals surface area contributed by atoms with Crippen LogP contribution in [0.4, 0.5) is 27.6 Å². The second-order valence-electron chi connectivity index (χ2n) is 10.9. The minimum atomic E-state index is -2.73. The maximum atomic E-state index is 15.0. The van der Waals surface area contributed by atoms with E-state index in [1.807, 2.05) is 0 Å². The summed E-state index contributed by atoms with van der Waals surface area (Å²) in [5, 5.41) is 11.0. The smallest absolute Gasteiger partial charge is 0.258 e. The van der Waals surface area contributed by atoms with Crippen LogP contribution in [0.1, 0.15) is 24.3 Å². The highest BCUT2D eigenvalue weighted by atomic mass is 35.5. The molecule has 0 bridgehead atoms. The van der Waals surface area contributed by atoms with Crippen molar-refractivity contribution >= 4 is 52.5 Å². The Hall–Kier alpha value is -3.71. The predicted octanol–water partition coefficient (Wildman–Crippen LogP) is 4.29. The van der Waals surface area contributed by atoms with Gasteiger partial charge in [-0.3, -0.25) is 24.1 Å². The monoisotopic (exact) mass is 644 g/mol. The number of hydrogen-bond donors (Lipinski definition) is 1. The number of imide groups is 2. The maximum absolute atomic E-state index is 15.0. The number of phenolic OH excluding ortho intramolecular Hbond substituents is 1. The number of carbonyl (C=O) groups excluding carboxylic acids is 4. The van der Waals surface area contributed by atoms with Crippen molar-refractivity contribution < 1.29 is 51.0 Å². The van der Waals surface area contributed by atoms with Crippen LogP contribution >= 0.6 is 23.2 Å². The fourth-order valence-corrected chi connectivity index (χ4v) is 7.89. The molecule has 8 nitrogen and oxygen atoms in total. The van der Waals surface area contributed by atoms with Crippen molar-refractivity contribution in [1.29, 1.82) is 0 Å². The first-order chi connectivity index (χ1) is 20.1. The van der Waals surface area contributed by atoms with Crippen molar-refractivity contribution in [3.63, 3.8) is 0 Å². The summed E-state index contributed by atoms with van der Waals surface area (Å²) in [7, 11) is 2.56. The number of aromatic hydroxyl groups is 1. The number of carbonyl (C=O) groups is 4. The third-order valence-electron chi connectivity index (χ3n) is 8.99. The molecule has 0 radical (unpaired) electrons. The average Bonchev–Trinajstić information content (AvgIpc) is 3.29. The summed E-state index contributed by atoms with van der Waals surface area (Å²) >= 11 is 14.0. The SMILES string of the molecule is COc1ccc(O)c([C@H]2C3=CC[C@@H]4C(=O)N(C)C(=O)[C@@H]4[C@@H]3C[C@@]3(Cl)C(=O)N(c4c(F)c(F)c(F)c(F)c4F)C(=O)[C@@]23Cl)c1. The van der Waals surface area contributed by atoms with Crippen LogP contribution in [0.2, 0.25) is 0 Å². The van der Waals surface area contributed by atoms with Crippen LogP contribution < -0.4 is 9.64 Å². The van der Waals surface area contributed by atoms with Crippen LogP contribution in [0.3, 0.4) is 0 Å². The number of fused-ring (bicyclic) bond motifs is 4. The fraction of sp³-hybridized carbons (Fsp3) is 0.357. The molecule has 6 rings (SSSR count). The van der Waals surface area contributed by atoms with Gasteiger partial charge in [0.25, 0.3) is 11.8 Å². The van der Waals surface area contributed by atoms with Crippen molar-refractivity contribution in [2.24, 2.45) is 17.8 Å². The Morgan fingerprint density at radius 3 is 2.12 bits per heavy atom. The molecule has 2 aliphatic carbocycles. The molecule has 1 N–H and O–H groups in total. The first-order valence-electron chi connectivity index (χ1n) is 12.8. The van der Waals surface area contributed by atoms with E-state index < -0.39 is 104 Å². The summed E-state index contributed by atoms with van der Waals surface area (Å²) in [6, 6.07) is 3.81. The molecule has 2 aromatic rings. The summed E-state index contributed by atoms with van der Waals surface area (Å²) in [6.45, 7) is 0. The van der Waals surface area contributed by atoms with Gasteiger partial charge in [0.2, 0.25) is 17.6 Å². The molecule has 1 saturated carbocycles. The van der Waals surface area contributed by atoms with Crippen molar-refractivity contribution in [3.05, 3.63) is 64.5 Å². The van der Waals surface area contributed by atoms with Gasteiger partial charge in [-0.15, -0.1) is 23.2 Å². The fourth-order valence-electron chi connectivity index (χ4n) is 6.96. The quantitative estimate of drug-likeness (QED) is 0.134. The van der Waals surface area contributed by atoms with E-state index in [1.54, 1.807) is 0 Å². The molecular weight excluding hydrogens is 626 g/mol. The molecule has 15 heteroatoms. The summed E-state index contributed by atoms with van der Waals surface area (Å²) < 4.78 is 77.6. The molecular formula is C28H19Cl2F5N2O6. The first-order valence-corrected chi connectivity index (χ1v) is 13.6. The van der Waals surface area contributed by atoms with E-state index in [0.29, 0.717) is 0 Å². The van der Waals surface area contributed by atoms with E-state index in [4.69, 9.17) is 27.9 Å². The van der Waals surface area contributed by atoms with Gasteiger partial charge in [0.1, 0.15) is 17.2 Å². The average molecular weight is 645 g/mol. The standard InChI is InChI=1S/C28H19Cl2F5N2O6/c1-36-23(39)11-5-4-10-13(15(11)24(36)40)8-27(29)25(41)37(22-20(34)18(32)17(31)19(33)21(22)35)26(42)28(27,30)16(10)12-7-9(43-2)3-6-14(12)38/h3-4,6-7,11,13,15-16,38H,5,8H2,1-2H3/t11-,13+,15-,16+,27+,28-/m0/s1. The van der Waals surface area contributed by atoms with Gasteiger partial charge in [0.05, 0.1) is 18.9 Å². The van der Waals surface area contributed by atoms with E-state index in [9.17, 15) is 37.5 Å². The lowest BCUT2D eigenvalue weighted by molar-refractivity contribution is -0.138. The van der Waals surface area contributed by atoms with Crippen LogP contribution in [-0.2, 0) is 19.2 Å². The zero-order valence-electron chi connectivity index (χ0n) is 22.1. The number of methoxy groups -OCH3 is 1. The molecule has 0 spiro atoms. The molecule has 2 aliphatic heterocycles. The molecule has 3 fully saturated rings. The van der Waals surface area contributed by atoms with Crippen molar-refractivity contribution in [2.45, 2.75) is 28.5 Å². The summed E-state index contributed by atoms with van der Waals surface area (Å²) in [5.74, 6) is -21.6. The number of halogens is 7. The van der Waals surface area contributed by atoms with Gasteiger partial charge >= 0.3 is 0 Å². The number of anilines is 1. The number of ether oxygens (including phenoxy) is 1. The van der Waals surface area contributed by atoms with Gasteiger partial charge in [-0.1, -0.05) is 11.6 Å². The van der Waals surface area contributed by atoms with Crippen LogP contribution in [0.5, 0.6) is 11.5 Å². The summed E-state index contributed by atoms with van der Waals surface area (Å²) in [5.41, 5.74) is -1.80. The zero-order valence-corrected chi connectivity index (χ0v) is 23.6. The van der Waals surface area contributed by atoms with Gasteiger partial charge in [0, 0.05) is 18.5 Å². The number of nitrogens with zero attached hydrogens (tertiary/aromatic N) is 2. The predicted molar refractivity (Wildman–Crippen MR) is 139 cm³/mol. The highest BCUT2D eigenvalue weighted by Gasteiger charge is 2.77. The molecule has 4 aliphatic rings. The van der Waals surface area contributed by atoms with Gasteiger partial charge in [-0.2, -0.15) is 0 Å². The minimum absolute atomic E-state index is 0.00160. The number of hydrogen-bond acceptors (Lipinski definition) is 6. The first kappa shape index (κ1) is 29.4. The van der Waals surface area contributed by atoms with E-state index in [1.165, 1.54) is 38.4 Å². The van der Waals surface area contributed by atoms with Crippen LogP contribution in [0.15, 0.2) is 29.8 Å². The molecule has 2 heterocycles. The Kier molecular flexibility index (Phi) is 6.41. The van der Waals surface area contributed by atoms with Gasteiger partial charge < -0.3 is 9.84 Å². The lowest BCUT2D eigenvalue weighted by Crippen LogP contribution is -2.60. The molecule has 4 amide bonds.